The molecule has 3 aliphatic rings. The molecule has 0 aliphatic carbocycles. The molecule has 2 N–H and O–H groups in total. The molecule has 45 heavy (non-hydrogen) atoms. The highest BCUT2D eigenvalue weighted by Crippen LogP contribution is 2.37. The lowest BCUT2D eigenvalue weighted by Crippen LogP contribution is -2.50. The number of halogens is 4. The van der Waals surface area contributed by atoms with Crippen molar-refractivity contribution >= 4 is 39.3 Å². The van der Waals surface area contributed by atoms with Gasteiger partial charge in [0.15, 0.2) is 0 Å². The van der Waals surface area contributed by atoms with Crippen molar-refractivity contribution in [1.82, 2.24) is 14.5 Å². The number of amidine groups is 1. The predicted molar refractivity (Wildman–Crippen MR) is 164 cm³/mol. The Hall–Kier alpha value is -3.00. The van der Waals surface area contributed by atoms with Gasteiger partial charge in [0.25, 0.3) is 11.8 Å². The van der Waals surface area contributed by atoms with Crippen molar-refractivity contribution in [1.29, 1.82) is 0 Å². The minimum Gasteiger partial charge on any atom is -0.390 e. The van der Waals surface area contributed by atoms with Gasteiger partial charge in [-0.3, -0.25) is 14.6 Å². The summed E-state index contributed by atoms with van der Waals surface area (Å²) in [6.07, 6.45) is -3.10. The van der Waals surface area contributed by atoms with Gasteiger partial charge in [-0.1, -0.05) is 17.7 Å². The zero-order chi connectivity index (χ0) is 32.9. The number of carbonyl (C=O) groups excluding carboxylic acids is 2. The monoisotopic (exact) mass is 668 g/mol. The van der Waals surface area contributed by atoms with Crippen molar-refractivity contribution in [3.8, 4) is 0 Å². The molecule has 1 spiro atoms. The van der Waals surface area contributed by atoms with Crippen molar-refractivity contribution in [3.63, 3.8) is 0 Å². The highest BCUT2D eigenvalue weighted by Gasteiger charge is 2.47. The molecular weight excluding hydrogens is 633 g/mol. The number of aliphatic imine (C=N–C) groups is 1. The van der Waals surface area contributed by atoms with Crippen LogP contribution < -0.4 is 5.32 Å². The maximum absolute atomic E-state index is 13.3. The number of hydrogen-bond donors (Lipinski definition) is 2. The summed E-state index contributed by atoms with van der Waals surface area (Å²) < 4.78 is 67.3. The molecule has 3 aliphatic heterocycles. The first-order valence-corrected chi connectivity index (χ1v) is 16.8. The fourth-order valence-electron chi connectivity index (χ4n) is 6.26. The Kier molecular flexibility index (Phi) is 8.88. The van der Waals surface area contributed by atoms with Crippen LogP contribution >= 0.6 is 11.6 Å². The molecule has 5 rings (SSSR count). The zero-order valence-corrected chi connectivity index (χ0v) is 26.9. The SMILES string of the molecule is Cc1cc(C(=O)N2CCC(C)(O)CC2)cc(C)c1CCS(=O)(=O)N1CCC2(CC1)N=C(c1ccc(C(F)(F)F)c(Cl)c1)NC2=O. The number of nitrogens with zero attached hydrogens (tertiary/aromatic N) is 3. The van der Waals surface area contributed by atoms with E-state index in [1.54, 1.807) is 24.0 Å². The van der Waals surface area contributed by atoms with Crippen LogP contribution in [0.3, 0.4) is 0 Å². The lowest BCUT2D eigenvalue weighted by atomic mass is 9.89. The number of amides is 2. The van der Waals surface area contributed by atoms with Crippen molar-refractivity contribution in [2.24, 2.45) is 4.99 Å². The van der Waals surface area contributed by atoms with Gasteiger partial charge in [0.2, 0.25) is 10.0 Å². The normalized spacial score (nSPS) is 20.3. The Balaban J connectivity index is 1.22. The molecule has 0 aromatic heterocycles. The van der Waals surface area contributed by atoms with Gasteiger partial charge >= 0.3 is 6.18 Å². The van der Waals surface area contributed by atoms with Crippen molar-refractivity contribution in [2.45, 2.75) is 70.2 Å². The van der Waals surface area contributed by atoms with Gasteiger partial charge in [-0.25, -0.2) is 12.7 Å². The van der Waals surface area contributed by atoms with E-state index < -0.39 is 43.8 Å². The molecule has 2 aromatic carbocycles. The molecular formula is C31H36ClF3N4O5S. The van der Waals surface area contributed by atoms with Gasteiger partial charge in [0, 0.05) is 37.3 Å². The maximum Gasteiger partial charge on any atom is 0.417 e. The number of alkyl halides is 3. The van der Waals surface area contributed by atoms with E-state index in [0.717, 1.165) is 28.8 Å². The van der Waals surface area contributed by atoms with Crippen LogP contribution in [0.5, 0.6) is 0 Å². The number of aliphatic hydroxyl groups is 1. The Bertz CT molecular complexity index is 1630. The van der Waals surface area contributed by atoms with Crippen LogP contribution in [-0.2, 0) is 27.4 Å². The summed E-state index contributed by atoms with van der Waals surface area (Å²) >= 11 is 5.85. The molecule has 0 atom stereocenters. The second-order valence-corrected chi connectivity index (χ2v) is 15.0. The lowest BCUT2D eigenvalue weighted by Gasteiger charge is -2.36. The molecule has 14 heteroatoms. The number of rotatable bonds is 6. The second kappa shape index (κ2) is 12.0. The first kappa shape index (κ1) is 33.4. The first-order valence-electron chi connectivity index (χ1n) is 14.8. The van der Waals surface area contributed by atoms with Gasteiger partial charge < -0.3 is 15.3 Å². The highest BCUT2D eigenvalue weighted by atomic mass is 35.5. The van der Waals surface area contributed by atoms with Crippen LogP contribution in [0.1, 0.15) is 70.8 Å². The third-order valence-corrected chi connectivity index (χ3v) is 11.3. The van der Waals surface area contributed by atoms with E-state index in [2.05, 4.69) is 10.3 Å². The number of likely N-dealkylation sites (tertiary alicyclic amines) is 1. The van der Waals surface area contributed by atoms with E-state index >= 15 is 0 Å². The summed E-state index contributed by atoms with van der Waals surface area (Å²) in [5.74, 6) is -0.587. The lowest BCUT2D eigenvalue weighted by molar-refractivity contribution is -0.137. The summed E-state index contributed by atoms with van der Waals surface area (Å²) in [5, 5.41) is 12.3. The van der Waals surface area contributed by atoms with E-state index in [4.69, 9.17) is 11.6 Å². The number of hydrogen-bond acceptors (Lipinski definition) is 6. The Morgan fingerprint density at radius 3 is 2.20 bits per heavy atom. The molecule has 3 heterocycles. The van der Waals surface area contributed by atoms with Gasteiger partial charge in [-0.2, -0.15) is 13.2 Å². The topological polar surface area (TPSA) is 119 Å². The van der Waals surface area contributed by atoms with Gasteiger partial charge in [-0.05, 0) is 93.8 Å². The molecule has 244 valence electrons. The molecule has 0 bridgehead atoms. The Morgan fingerprint density at radius 1 is 1.04 bits per heavy atom. The minimum absolute atomic E-state index is 0.0639. The number of piperidine rings is 2. The van der Waals surface area contributed by atoms with Gasteiger partial charge in [-0.15, -0.1) is 0 Å². The summed E-state index contributed by atoms with van der Waals surface area (Å²) in [6.45, 7) is 6.55. The highest BCUT2D eigenvalue weighted by molar-refractivity contribution is 7.89. The first-order chi connectivity index (χ1) is 20.9. The van der Waals surface area contributed by atoms with Crippen LogP contribution in [0.2, 0.25) is 5.02 Å². The van der Waals surface area contributed by atoms with E-state index in [-0.39, 0.29) is 55.4 Å². The molecule has 0 saturated carbocycles. The molecule has 2 fully saturated rings. The van der Waals surface area contributed by atoms with E-state index in [1.807, 2.05) is 13.8 Å². The number of carbonyl (C=O) groups is 2. The average Bonchev–Trinajstić information content (AvgIpc) is 3.26. The van der Waals surface area contributed by atoms with Crippen molar-refractivity contribution in [2.75, 3.05) is 31.9 Å². The standard InChI is InChI=1S/C31H36ClF3N4O5S/c1-19-16-22(27(40)38-11-7-29(3,42)8-12-38)17-20(2)23(19)6-15-45(43,44)39-13-9-30(10-14-39)28(41)36-26(37-30)21-4-5-24(25(32)18-21)31(33,34)35/h4-5,16-18,42H,6-15H2,1-3H3,(H,36,37,41). The Labute approximate surface area is 265 Å². The summed E-state index contributed by atoms with van der Waals surface area (Å²) in [7, 11) is -3.69. The third-order valence-electron chi connectivity index (χ3n) is 9.15. The summed E-state index contributed by atoms with van der Waals surface area (Å²) in [4.78, 5) is 32.3. The average molecular weight is 669 g/mol. The minimum atomic E-state index is -4.62. The van der Waals surface area contributed by atoms with Gasteiger partial charge in [0.1, 0.15) is 11.4 Å². The van der Waals surface area contributed by atoms with Crippen molar-refractivity contribution in [3.05, 3.63) is 68.7 Å². The molecule has 2 saturated heterocycles. The quantitative estimate of drug-likeness (QED) is 0.477. The van der Waals surface area contributed by atoms with Crippen LogP contribution in [0.15, 0.2) is 35.3 Å². The number of benzene rings is 2. The van der Waals surface area contributed by atoms with E-state index in [0.29, 0.717) is 31.5 Å². The number of nitrogens with one attached hydrogen (secondary N) is 1. The van der Waals surface area contributed by atoms with E-state index in [1.165, 1.54) is 10.4 Å². The fourth-order valence-corrected chi connectivity index (χ4v) is 8.01. The van der Waals surface area contributed by atoms with Crippen molar-refractivity contribution < 1.29 is 36.3 Å². The predicted octanol–water partition coefficient (Wildman–Crippen LogP) is 4.25. The van der Waals surface area contributed by atoms with E-state index in [9.17, 15) is 36.3 Å². The Morgan fingerprint density at radius 2 is 1.64 bits per heavy atom. The van der Waals surface area contributed by atoms with Crippen LogP contribution in [0, 0.1) is 13.8 Å². The molecule has 2 aromatic rings. The van der Waals surface area contributed by atoms with Crippen LogP contribution in [0.4, 0.5) is 13.2 Å². The van der Waals surface area contributed by atoms with Crippen LogP contribution in [-0.4, -0.2) is 83.5 Å². The van der Waals surface area contributed by atoms with Crippen LogP contribution in [0.25, 0.3) is 0 Å². The number of sulfonamides is 1. The summed E-state index contributed by atoms with van der Waals surface area (Å²) in [5.41, 5.74) is 0.293. The zero-order valence-electron chi connectivity index (χ0n) is 25.3. The number of aryl methyl sites for hydroxylation is 2. The summed E-state index contributed by atoms with van der Waals surface area (Å²) in [6, 6.07) is 6.70. The molecule has 0 unspecified atom stereocenters. The second-order valence-electron chi connectivity index (χ2n) is 12.5. The fraction of sp³-hybridized carbons (Fsp3) is 0.516. The molecule has 2 amide bonds. The van der Waals surface area contributed by atoms with Gasteiger partial charge in [0.05, 0.1) is 21.9 Å². The molecule has 0 radical (unpaired) electrons. The maximum atomic E-state index is 13.3. The molecule has 9 nitrogen and oxygen atoms in total. The third kappa shape index (κ3) is 6.91. The largest absolute Gasteiger partial charge is 0.417 e. The smallest absolute Gasteiger partial charge is 0.390 e.